The SMILES string of the molecule is O=C(C1CCCCC1)N(CCN1CCN(c2cccc3c2OCCO3)CC1)c1ccccn1. The second-order valence-corrected chi connectivity index (χ2v) is 9.14. The van der Waals surface area contributed by atoms with Gasteiger partial charge in [0.1, 0.15) is 19.0 Å². The lowest BCUT2D eigenvalue weighted by atomic mass is 9.88. The second-order valence-electron chi connectivity index (χ2n) is 9.14. The van der Waals surface area contributed by atoms with Gasteiger partial charge in [0, 0.05) is 51.4 Å². The molecule has 3 aliphatic rings. The van der Waals surface area contributed by atoms with Gasteiger partial charge < -0.3 is 14.4 Å². The molecule has 0 bridgehead atoms. The minimum absolute atomic E-state index is 0.143. The Bertz CT molecular complexity index is 924. The standard InChI is InChI=1S/C26H34N4O3/c31-26(21-7-2-1-3-8-21)30(24-11-4-5-12-27-24)18-15-28-13-16-29(17-14-28)22-9-6-10-23-25(22)33-20-19-32-23/h4-6,9-12,21H,1-3,7-8,13-20H2. The second kappa shape index (κ2) is 10.4. The van der Waals surface area contributed by atoms with Crippen LogP contribution in [0, 0.1) is 5.92 Å². The van der Waals surface area contributed by atoms with Crippen molar-refractivity contribution in [2.75, 3.05) is 62.3 Å². The van der Waals surface area contributed by atoms with Gasteiger partial charge in [0.05, 0.1) is 5.69 Å². The first kappa shape index (κ1) is 22.0. The molecule has 176 valence electrons. The van der Waals surface area contributed by atoms with Crippen LogP contribution >= 0.6 is 0 Å². The molecule has 0 spiro atoms. The maximum absolute atomic E-state index is 13.4. The van der Waals surface area contributed by atoms with Gasteiger partial charge in [0.15, 0.2) is 11.5 Å². The number of aromatic nitrogens is 1. The van der Waals surface area contributed by atoms with Crippen LogP contribution in [0.25, 0.3) is 0 Å². The van der Waals surface area contributed by atoms with Gasteiger partial charge in [-0.1, -0.05) is 31.4 Å². The van der Waals surface area contributed by atoms with E-state index in [9.17, 15) is 4.79 Å². The zero-order valence-corrected chi connectivity index (χ0v) is 19.3. The minimum atomic E-state index is 0.143. The number of benzene rings is 1. The van der Waals surface area contributed by atoms with E-state index in [4.69, 9.17) is 9.47 Å². The molecule has 0 radical (unpaired) electrons. The van der Waals surface area contributed by atoms with Crippen LogP contribution < -0.4 is 19.3 Å². The maximum atomic E-state index is 13.4. The van der Waals surface area contributed by atoms with E-state index in [-0.39, 0.29) is 11.8 Å². The lowest BCUT2D eigenvalue weighted by Gasteiger charge is -2.38. The summed E-state index contributed by atoms with van der Waals surface area (Å²) in [6.07, 6.45) is 7.36. The van der Waals surface area contributed by atoms with E-state index in [0.29, 0.717) is 19.8 Å². The number of pyridine rings is 1. The van der Waals surface area contributed by atoms with Crippen LogP contribution in [-0.4, -0.2) is 68.3 Å². The highest BCUT2D eigenvalue weighted by molar-refractivity contribution is 5.94. The molecule has 1 aromatic carbocycles. The first-order valence-corrected chi connectivity index (χ1v) is 12.4. The molecule has 33 heavy (non-hydrogen) atoms. The van der Waals surface area contributed by atoms with E-state index in [1.54, 1.807) is 6.20 Å². The van der Waals surface area contributed by atoms with Gasteiger partial charge in [-0.3, -0.25) is 14.6 Å². The van der Waals surface area contributed by atoms with Crippen LogP contribution in [0.1, 0.15) is 32.1 Å². The quantitative estimate of drug-likeness (QED) is 0.671. The monoisotopic (exact) mass is 450 g/mol. The number of nitrogens with zero attached hydrogens (tertiary/aromatic N) is 4. The highest BCUT2D eigenvalue weighted by Gasteiger charge is 2.29. The number of ether oxygens (including phenoxy) is 2. The van der Waals surface area contributed by atoms with Gasteiger partial charge in [-0.15, -0.1) is 0 Å². The summed E-state index contributed by atoms with van der Waals surface area (Å²) in [6.45, 7) is 6.52. The smallest absolute Gasteiger partial charge is 0.231 e. The average Bonchev–Trinajstić information content (AvgIpc) is 2.90. The van der Waals surface area contributed by atoms with Crippen molar-refractivity contribution in [3.05, 3.63) is 42.6 Å². The number of piperazine rings is 1. The number of carbonyl (C=O) groups is 1. The van der Waals surface area contributed by atoms with Crippen LogP contribution in [0.5, 0.6) is 11.5 Å². The average molecular weight is 451 g/mol. The first-order valence-electron chi connectivity index (χ1n) is 12.4. The Balaban J connectivity index is 1.20. The van der Waals surface area contributed by atoms with Crippen molar-refractivity contribution in [3.8, 4) is 11.5 Å². The summed E-state index contributed by atoms with van der Waals surface area (Å²) in [5.74, 6) is 2.88. The van der Waals surface area contributed by atoms with Gasteiger partial charge in [-0.05, 0) is 37.1 Å². The molecule has 2 aliphatic heterocycles. The van der Waals surface area contributed by atoms with Crippen molar-refractivity contribution < 1.29 is 14.3 Å². The lowest BCUT2D eigenvalue weighted by molar-refractivity contribution is -0.123. The number of fused-ring (bicyclic) bond motifs is 1. The van der Waals surface area contributed by atoms with E-state index in [2.05, 4.69) is 20.9 Å². The van der Waals surface area contributed by atoms with Crippen molar-refractivity contribution in [3.63, 3.8) is 0 Å². The number of anilines is 2. The molecule has 7 nitrogen and oxygen atoms in total. The van der Waals surface area contributed by atoms with Crippen LogP contribution in [0.4, 0.5) is 11.5 Å². The molecule has 1 amide bonds. The molecule has 1 saturated heterocycles. The molecule has 7 heteroatoms. The van der Waals surface area contributed by atoms with Crippen molar-refractivity contribution in [1.29, 1.82) is 0 Å². The molecule has 1 saturated carbocycles. The largest absolute Gasteiger partial charge is 0.486 e. The number of hydrogen-bond donors (Lipinski definition) is 0. The number of amides is 1. The highest BCUT2D eigenvalue weighted by atomic mass is 16.6. The molecule has 2 aromatic rings. The van der Waals surface area contributed by atoms with Crippen molar-refractivity contribution >= 4 is 17.4 Å². The Kier molecular flexibility index (Phi) is 6.95. The summed E-state index contributed by atoms with van der Waals surface area (Å²) in [4.78, 5) is 24.6. The van der Waals surface area contributed by atoms with Crippen LogP contribution in [-0.2, 0) is 4.79 Å². The minimum Gasteiger partial charge on any atom is -0.486 e. The third-order valence-electron chi connectivity index (χ3n) is 7.04. The number of para-hydroxylation sites is 1. The van der Waals surface area contributed by atoms with Gasteiger partial charge in [0.2, 0.25) is 5.91 Å². The molecule has 1 aliphatic carbocycles. The molecule has 1 aromatic heterocycles. The fraction of sp³-hybridized carbons (Fsp3) is 0.538. The fourth-order valence-corrected chi connectivity index (χ4v) is 5.18. The molecule has 5 rings (SSSR count). The molecule has 2 fully saturated rings. The zero-order chi connectivity index (χ0) is 22.5. The summed E-state index contributed by atoms with van der Waals surface area (Å²) in [6, 6.07) is 12.0. The fourth-order valence-electron chi connectivity index (χ4n) is 5.18. The van der Waals surface area contributed by atoms with Crippen molar-refractivity contribution in [1.82, 2.24) is 9.88 Å². The van der Waals surface area contributed by atoms with Gasteiger partial charge in [0.25, 0.3) is 0 Å². The van der Waals surface area contributed by atoms with Gasteiger partial charge in [-0.2, -0.15) is 0 Å². The first-order chi connectivity index (χ1) is 16.3. The summed E-state index contributed by atoms with van der Waals surface area (Å²) in [7, 11) is 0. The van der Waals surface area contributed by atoms with Crippen LogP contribution in [0.15, 0.2) is 42.6 Å². The summed E-state index contributed by atoms with van der Waals surface area (Å²) < 4.78 is 11.7. The number of carbonyl (C=O) groups excluding carboxylic acids is 1. The lowest BCUT2D eigenvalue weighted by Crippen LogP contribution is -2.50. The van der Waals surface area contributed by atoms with E-state index in [0.717, 1.165) is 81.4 Å². The molecular weight excluding hydrogens is 416 g/mol. The summed E-state index contributed by atoms with van der Waals surface area (Å²) >= 11 is 0. The topological polar surface area (TPSA) is 58.1 Å². The Hall–Kier alpha value is -2.80. The molecule has 0 N–H and O–H groups in total. The molecule has 3 heterocycles. The third kappa shape index (κ3) is 5.08. The number of rotatable bonds is 6. The zero-order valence-electron chi connectivity index (χ0n) is 19.3. The van der Waals surface area contributed by atoms with Gasteiger partial charge >= 0.3 is 0 Å². The Labute approximate surface area is 196 Å². The van der Waals surface area contributed by atoms with E-state index >= 15 is 0 Å². The molecular formula is C26H34N4O3. The van der Waals surface area contributed by atoms with Crippen LogP contribution in [0.3, 0.4) is 0 Å². The Morgan fingerprint density at radius 1 is 0.970 bits per heavy atom. The normalized spacial score (nSPS) is 19.3. The highest BCUT2D eigenvalue weighted by Crippen LogP contribution is 2.39. The van der Waals surface area contributed by atoms with Crippen molar-refractivity contribution in [2.24, 2.45) is 5.92 Å². The predicted octanol–water partition coefficient (Wildman–Crippen LogP) is 3.59. The van der Waals surface area contributed by atoms with Gasteiger partial charge in [-0.25, -0.2) is 4.98 Å². The summed E-state index contributed by atoms with van der Waals surface area (Å²) in [5.41, 5.74) is 1.12. The third-order valence-corrected chi connectivity index (χ3v) is 7.04. The summed E-state index contributed by atoms with van der Waals surface area (Å²) in [5, 5.41) is 0. The van der Waals surface area contributed by atoms with E-state index in [1.807, 2.05) is 35.2 Å². The molecule has 0 atom stereocenters. The predicted molar refractivity (Wildman–Crippen MR) is 129 cm³/mol. The Morgan fingerprint density at radius 2 is 1.79 bits per heavy atom. The van der Waals surface area contributed by atoms with Crippen LogP contribution in [0.2, 0.25) is 0 Å². The number of hydrogen-bond acceptors (Lipinski definition) is 6. The maximum Gasteiger partial charge on any atom is 0.231 e. The molecule has 0 unspecified atom stereocenters. The Morgan fingerprint density at radius 3 is 2.58 bits per heavy atom. The van der Waals surface area contributed by atoms with Crippen molar-refractivity contribution in [2.45, 2.75) is 32.1 Å². The van der Waals surface area contributed by atoms with E-state index < -0.39 is 0 Å². The van der Waals surface area contributed by atoms with E-state index in [1.165, 1.54) is 6.42 Å².